The summed E-state index contributed by atoms with van der Waals surface area (Å²) in [5, 5.41) is 11.7. The summed E-state index contributed by atoms with van der Waals surface area (Å²) < 4.78 is 5.74. The van der Waals surface area contributed by atoms with Crippen molar-refractivity contribution < 1.29 is 16.1 Å². The van der Waals surface area contributed by atoms with Gasteiger partial charge in [0.05, 0.1) is 39.9 Å². The number of terminal acetylenes is 1. The van der Waals surface area contributed by atoms with Gasteiger partial charge in [-0.25, -0.2) is 0 Å². The second kappa shape index (κ2) is 23.5. The topological polar surface area (TPSA) is 151 Å². The van der Waals surface area contributed by atoms with Crippen LogP contribution in [0.5, 0.6) is 0 Å². The highest BCUT2D eigenvalue weighted by Crippen LogP contribution is 2.21. The van der Waals surface area contributed by atoms with Crippen LogP contribution in [0, 0.1) is 24.7 Å². The van der Waals surface area contributed by atoms with E-state index in [1.807, 2.05) is 37.4 Å². The summed E-state index contributed by atoms with van der Waals surface area (Å²) in [5.41, 5.74) is 19.2. The van der Waals surface area contributed by atoms with Crippen molar-refractivity contribution in [2.24, 2.45) is 11.8 Å². The number of nitrogen functional groups attached to an aromatic ring is 3. The van der Waals surface area contributed by atoms with Gasteiger partial charge in [-0.1, -0.05) is 31.7 Å². The van der Waals surface area contributed by atoms with E-state index in [1.54, 1.807) is 18.2 Å². The smallest absolute Gasteiger partial charge is 0.307 e. The van der Waals surface area contributed by atoms with Gasteiger partial charge in [-0.3, -0.25) is 9.59 Å². The maximum absolute atomic E-state index is 12.1. The third kappa shape index (κ3) is 17.3. The fraction of sp³-hybridized carbons (Fsp3) is 0.467. The number of hydrogen-bond acceptors (Lipinski definition) is 7. The molecule has 1 amide bonds. The van der Waals surface area contributed by atoms with E-state index >= 15 is 0 Å². The van der Waals surface area contributed by atoms with Gasteiger partial charge < -0.3 is 37.4 Å². The summed E-state index contributed by atoms with van der Waals surface area (Å²) in [7, 11) is 4.02. The minimum atomic E-state index is -0.647. The molecule has 2 aliphatic heterocycles. The zero-order valence-corrected chi connectivity index (χ0v) is 24.9. The molecule has 0 bridgehead atoms. The Morgan fingerprint density at radius 2 is 1.32 bits per heavy atom. The van der Waals surface area contributed by atoms with Crippen LogP contribution in [-0.2, 0) is 9.59 Å². The number of nitrogens with one attached hydrogen (secondary N) is 1. The molecule has 2 fully saturated rings. The van der Waals surface area contributed by atoms with Crippen LogP contribution in [0.3, 0.4) is 0 Å². The Kier molecular flexibility index (Phi) is 21.7. The van der Waals surface area contributed by atoms with Crippen LogP contribution in [0.4, 0.5) is 22.7 Å². The SMILES string of the molecule is C.CN1CCC[C@H](C(=O)Nc2ccccc2N)C1.CN1CCC[C@H](C(=O)O)C1.ClCCl.Nc1ccccc1N.[2H]C#C. The van der Waals surface area contributed by atoms with Crippen LogP contribution < -0.4 is 22.5 Å². The molecule has 0 aromatic heterocycles. The maximum atomic E-state index is 12.1. The van der Waals surface area contributed by atoms with Crippen molar-refractivity contribution in [2.45, 2.75) is 33.1 Å². The lowest BCUT2D eigenvalue weighted by molar-refractivity contribution is -0.143. The van der Waals surface area contributed by atoms with Crippen LogP contribution in [0.25, 0.3) is 0 Å². The third-order valence-corrected chi connectivity index (χ3v) is 6.18. The van der Waals surface area contributed by atoms with Crippen molar-refractivity contribution in [3.63, 3.8) is 0 Å². The second-order valence-electron chi connectivity index (χ2n) is 9.35. The number of nitrogens with zero attached hydrogens (tertiary/aromatic N) is 2. The van der Waals surface area contributed by atoms with Crippen molar-refractivity contribution in [2.75, 3.05) is 68.1 Å². The van der Waals surface area contributed by atoms with E-state index in [9.17, 15) is 9.59 Å². The lowest BCUT2D eigenvalue weighted by Crippen LogP contribution is -2.38. The first kappa shape index (κ1) is 37.8. The zero-order valence-electron chi connectivity index (χ0n) is 24.4. The van der Waals surface area contributed by atoms with Gasteiger partial charge in [0.15, 0.2) is 0 Å². The Hall–Kier alpha value is -3.16. The third-order valence-electron chi connectivity index (χ3n) is 6.18. The monoisotopic (exact) mass is 611 g/mol. The first-order chi connectivity index (χ1) is 19.5. The number of alkyl halides is 2. The molecule has 4 rings (SSSR count). The zero-order chi connectivity index (χ0) is 31.2. The standard InChI is InChI=1S/C13H19N3O.C7H13NO2.C6H8N2.C2H2.CH2Cl2.CH4/c1-16-8-4-5-10(9-16)13(17)15-12-7-3-2-6-11(12)14;1-8-4-2-3-6(5-8)7(9)10;7-5-3-1-2-4-6(5)8;1-2;2-1-3;/h2-3,6-7,10H,4-5,8-9,14H2,1H3,(H,15,17);6H,2-5H2,1H3,(H,9,10);1-4H,7-8H2;1-2H;1H2;1H4/t10-;6-;;;;/m00..../s1/i;;;1D;;. The number of amides is 1. The molecule has 2 heterocycles. The number of carbonyl (C=O) groups excluding carboxylic acids is 1. The van der Waals surface area contributed by atoms with Crippen LogP contribution in [0.15, 0.2) is 48.5 Å². The van der Waals surface area contributed by atoms with E-state index in [4.69, 9.17) is 46.9 Å². The van der Waals surface area contributed by atoms with E-state index in [-0.39, 0.29) is 30.5 Å². The van der Waals surface area contributed by atoms with Crippen LogP contribution in [0.2, 0.25) is 0 Å². The average molecular weight is 613 g/mol. The van der Waals surface area contributed by atoms with Gasteiger partial charge in [0.1, 0.15) is 1.37 Å². The summed E-state index contributed by atoms with van der Waals surface area (Å²) in [4.78, 5) is 26.8. The lowest BCUT2D eigenvalue weighted by atomic mass is 9.97. The molecule has 2 saturated heterocycles. The Bertz CT molecular complexity index is 1050. The fourth-order valence-electron chi connectivity index (χ4n) is 4.10. The largest absolute Gasteiger partial charge is 0.481 e. The van der Waals surface area contributed by atoms with Crippen molar-refractivity contribution >= 4 is 57.8 Å². The molecule has 230 valence electrons. The summed E-state index contributed by atoms with van der Waals surface area (Å²) in [6.45, 7) is 3.68. The minimum absolute atomic E-state index is 0. The van der Waals surface area contributed by atoms with Crippen molar-refractivity contribution in [1.29, 1.82) is 0 Å². The van der Waals surface area contributed by atoms with Gasteiger partial charge >= 0.3 is 5.97 Å². The summed E-state index contributed by atoms with van der Waals surface area (Å²) in [6.07, 6.45) is 9.68. The molecule has 0 aliphatic carbocycles. The number of aliphatic carboxylic acids is 1. The highest BCUT2D eigenvalue weighted by Gasteiger charge is 2.24. The van der Waals surface area contributed by atoms with Gasteiger partial charge in [-0.2, -0.15) is 0 Å². The van der Waals surface area contributed by atoms with Crippen LogP contribution in [0.1, 0.15) is 34.5 Å². The molecule has 9 nitrogen and oxygen atoms in total. The van der Waals surface area contributed by atoms with Crippen LogP contribution in [-0.4, -0.2) is 72.4 Å². The Balaban J connectivity index is 0. The van der Waals surface area contributed by atoms with Gasteiger partial charge in [0.2, 0.25) is 5.91 Å². The summed E-state index contributed by atoms with van der Waals surface area (Å²) >= 11 is 9.53. The maximum Gasteiger partial charge on any atom is 0.307 e. The predicted molar refractivity (Wildman–Crippen MR) is 176 cm³/mol. The number of rotatable bonds is 3. The Morgan fingerprint density at radius 1 is 0.927 bits per heavy atom. The molecule has 2 aliphatic rings. The van der Waals surface area contributed by atoms with Crippen LogP contribution >= 0.6 is 23.2 Å². The average Bonchev–Trinajstić information content (AvgIpc) is 2.93. The quantitative estimate of drug-likeness (QED) is 0.182. The van der Waals surface area contributed by atoms with E-state index in [1.165, 1.54) is 6.40 Å². The van der Waals surface area contributed by atoms with Crippen molar-refractivity contribution in [1.82, 2.24) is 9.80 Å². The first-order valence-electron chi connectivity index (χ1n) is 13.3. The first-order valence-corrected chi connectivity index (χ1v) is 13.9. The normalized spacial score (nSPS) is 18.1. The molecule has 2 aromatic rings. The van der Waals surface area contributed by atoms with E-state index in [0.29, 0.717) is 22.7 Å². The molecule has 0 unspecified atom stereocenters. The van der Waals surface area contributed by atoms with E-state index < -0.39 is 5.97 Å². The predicted octanol–water partition coefficient (Wildman–Crippen LogP) is 5.12. The molecule has 41 heavy (non-hydrogen) atoms. The molecule has 8 N–H and O–H groups in total. The molecule has 0 radical (unpaired) electrons. The Labute approximate surface area is 257 Å². The molecular formula is C30H48Cl2N6O3. The van der Waals surface area contributed by atoms with Gasteiger partial charge in [0.25, 0.3) is 0 Å². The fourth-order valence-corrected chi connectivity index (χ4v) is 4.10. The highest BCUT2D eigenvalue weighted by atomic mass is 35.5. The summed E-state index contributed by atoms with van der Waals surface area (Å²) in [6, 6.07) is 14.6. The number of nitrogens with two attached hydrogens (primary N) is 3. The summed E-state index contributed by atoms with van der Waals surface area (Å²) in [5.74, 6) is -0.617. The molecular weight excluding hydrogens is 563 g/mol. The number of carbonyl (C=O) groups is 2. The lowest BCUT2D eigenvalue weighted by Gasteiger charge is -2.28. The second-order valence-corrected chi connectivity index (χ2v) is 10.2. The molecule has 2 atom stereocenters. The van der Waals surface area contributed by atoms with Gasteiger partial charge in [0, 0.05) is 13.1 Å². The molecule has 2 aromatic carbocycles. The number of para-hydroxylation sites is 4. The molecule has 0 spiro atoms. The molecule has 0 saturated carbocycles. The highest BCUT2D eigenvalue weighted by molar-refractivity contribution is 6.40. The number of halogens is 2. The number of likely N-dealkylation sites (tertiary alicyclic amines) is 2. The van der Waals surface area contributed by atoms with E-state index in [0.717, 1.165) is 51.9 Å². The number of anilines is 4. The van der Waals surface area contributed by atoms with E-state index in [2.05, 4.69) is 28.6 Å². The Morgan fingerprint density at radius 3 is 1.68 bits per heavy atom. The minimum Gasteiger partial charge on any atom is -0.481 e. The van der Waals surface area contributed by atoms with Crippen molar-refractivity contribution in [3.05, 3.63) is 48.5 Å². The number of carboxylic acids is 1. The molecule has 11 heteroatoms. The number of carboxylic acid groups (broad SMARTS) is 1. The number of benzene rings is 2. The number of hydrogen-bond donors (Lipinski definition) is 5. The van der Waals surface area contributed by atoms with Crippen molar-refractivity contribution in [3.8, 4) is 12.8 Å². The number of piperidine rings is 2. The van der Waals surface area contributed by atoms with Gasteiger partial charge in [-0.15, -0.1) is 36.0 Å². The van der Waals surface area contributed by atoms with Gasteiger partial charge in [-0.05, 0) is 77.1 Å².